The maximum atomic E-state index is 13.4. The molecule has 1 atom stereocenters. The fourth-order valence-electron chi connectivity index (χ4n) is 4.53. The third-order valence-electron chi connectivity index (χ3n) is 6.37. The van der Waals surface area contributed by atoms with Crippen LogP contribution in [0.5, 0.6) is 5.75 Å². The van der Waals surface area contributed by atoms with Crippen molar-refractivity contribution in [1.29, 1.82) is 0 Å². The predicted octanol–water partition coefficient (Wildman–Crippen LogP) is 0.807. The van der Waals surface area contributed by atoms with Gasteiger partial charge in [-0.2, -0.15) is 0 Å². The van der Waals surface area contributed by atoms with E-state index < -0.39 is 0 Å². The van der Waals surface area contributed by atoms with Crippen molar-refractivity contribution in [2.24, 2.45) is 4.99 Å². The van der Waals surface area contributed by atoms with Crippen molar-refractivity contribution in [3.63, 3.8) is 0 Å². The maximum absolute atomic E-state index is 13.4. The van der Waals surface area contributed by atoms with Crippen LogP contribution in [-0.4, -0.2) is 65.7 Å². The van der Waals surface area contributed by atoms with E-state index in [4.69, 9.17) is 20.3 Å². The highest BCUT2D eigenvalue weighted by molar-refractivity contribution is 6.07. The number of nitrogen functional groups attached to an aromatic ring is 1. The second-order valence-corrected chi connectivity index (χ2v) is 8.43. The van der Waals surface area contributed by atoms with E-state index in [2.05, 4.69) is 14.8 Å². The molecule has 1 unspecified atom stereocenters. The van der Waals surface area contributed by atoms with Gasteiger partial charge in [0.25, 0.3) is 0 Å². The lowest BCUT2D eigenvalue weighted by atomic mass is 10.0. The first-order valence-electron chi connectivity index (χ1n) is 11.3. The number of morpholine rings is 1. The number of carbonyl (C=O) groups excluding carboxylic acids is 1. The van der Waals surface area contributed by atoms with Crippen molar-refractivity contribution in [2.45, 2.75) is 13.1 Å². The summed E-state index contributed by atoms with van der Waals surface area (Å²) in [6.07, 6.45) is -0.326. The van der Waals surface area contributed by atoms with Gasteiger partial charge in [-0.3, -0.25) is 4.79 Å². The Kier molecular flexibility index (Phi) is 5.70. The zero-order valence-electron chi connectivity index (χ0n) is 19.6. The number of aryl methyl sites for hydroxylation is 1. The Bertz CT molecular complexity index is 1340. The Morgan fingerprint density at radius 3 is 2.50 bits per heavy atom. The van der Waals surface area contributed by atoms with Gasteiger partial charge in [0.2, 0.25) is 11.6 Å². The SMILES string of the molecule is COc1ccc(C2N=c3nc(C(=O)c4ccccc4C)n(N)c3=C(N3CCOCC3)N2C)cc1. The van der Waals surface area contributed by atoms with Gasteiger partial charge in [0.15, 0.2) is 11.7 Å². The normalized spacial score (nSPS) is 17.9. The molecule has 2 N–H and O–H groups in total. The molecule has 1 saturated heterocycles. The minimum absolute atomic E-state index is 0.164. The van der Waals surface area contributed by atoms with Gasteiger partial charge in [-0.15, -0.1) is 0 Å². The highest BCUT2D eigenvalue weighted by atomic mass is 16.5. The summed E-state index contributed by atoms with van der Waals surface area (Å²) < 4.78 is 12.3. The van der Waals surface area contributed by atoms with Crippen LogP contribution in [0.15, 0.2) is 53.5 Å². The van der Waals surface area contributed by atoms with Crippen molar-refractivity contribution in [3.05, 3.63) is 81.9 Å². The summed E-state index contributed by atoms with van der Waals surface area (Å²) >= 11 is 0. The summed E-state index contributed by atoms with van der Waals surface area (Å²) in [6, 6.07) is 15.2. The van der Waals surface area contributed by atoms with Gasteiger partial charge < -0.3 is 25.1 Å². The molecule has 34 heavy (non-hydrogen) atoms. The van der Waals surface area contributed by atoms with Gasteiger partial charge in [-0.25, -0.2) is 14.7 Å². The number of ketones is 1. The first-order chi connectivity index (χ1) is 16.5. The smallest absolute Gasteiger partial charge is 0.230 e. The van der Waals surface area contributed by atoms with E-state index in [9.17, 15) is 4.79 Å². The number of benzene rings is 2. The number of nitrogens with two attached hydrogens (primary N) is 1. The number of methoxy groups -OCH3 is 1. The minimum Gasteiger partial charge on any atom is -0.497 e. The average molecular weight is 461 g/mol. The van der Waals surface area contributed by atoms with Gasteiger partial charge in [-0.05, 0) is 30.2 Å². The third kappa shape index (κ3) is 3.67. The number of hydrogen-bond donors (Lipinski definition) is 1. The van der Waals surface area contributed by atoms with Crippen molar-refractivity contribution in [2.75, 3.05) is 46.3 Å². The molecule has 0 saturated carbocycles. The number of aromatic nitrogens is 2. The Morgan fingerprint density at radius 2 is 1.82 bits per heavy atom. The molecule has 9 nitrogen and oxygen atoms in total. The monoisotopic (exact) mass is 460 g/mol. The molecule has 1 aromatic heterocycles. The van der Waals surface area contributed by atoms with E-state index in [0.717, 1.165) is 22.7 Å². The number of rotatable bonds is 5. The topological polar surface area (TPSA) is 98.2 Å². The summed E-state index contributed by atoms with van der Waals surface area (Å²) in [6.45, 7) is 4.55. The molecule has 1 fully saturated rings. The minimum atomic E-state index is -0.326. The summed E-state index contributed by atoms with van der Waals surface area (Å²) in [5, 5.41) is 0.631. The molecule has 3 heterocycles. The van der Waals surface area contributed by atoms with Gasteiger partial charge in [0.05, 0.1) is 20.3 Å². The van der Waals surface area contributed by atoms with E-state index in [1.54, 1.807) is 13.2 Å². The van der Waals surface area contributed by atoms with E-state index in [1.165, 1.54) is 4.68 Å². The molecule has 176 valence electrons. The van der Waals surface area contributed by atoms with Crippen LogP contribution in [0, 0.1) is 6.92 Å². The Balaban J connectivity index is 1.69. The Hall–Kier alpha value is -3.85. The lowest BCUT2D eigenvalue weighted by molar-refractivity contribution is 0.0525. The molecular weight excluding hydrogens is 432 g/mol. The number of carbonyl (C=O) groups is 1. The zero-order chi connectivity index (χ0) is 23.8. The Labute approximate surface area is 197 Å². The molecule has 3 aromatic rings. The molecule has 0 bridgehead atoms. The molecule has 0 amide bonds. The van der Waals surface area contributed by atoms with Crippen molar-refractivity contribution in [3.8, 4) is 5.75 Å². The lowest BCUT2D eigenvalue weighted by Gasteiger charge is -2.39. The molecule has 9 heteroatoms. The van der Waals surface area contributed by atoms with E-state index >= 15 is 0 Å². The molecule has 2 aromatic carbocycles. The highest BCUT2D eigenvalue weighted by Crippen LogP contribution is 2.29. The first-order valence-corrected chi connectivity index (χ1v) is 11.3. The summed E-state index contributed by atoms with van der Waals surface area (Å²) in [5.74, 6) is 8.14. The van der Waals surface area contributed by atoms with E-state index in [0.29, 0.717) is 42.7 Å². The molecule has 2 aliphatic heterocycles. The van der Waals surface area contributed by atoms with Crippen LogP contribution < -0.4 is 21.4 Å². The van der Waals surface area contributed by atoms with E-state index in [-0.39, 0.29) is 17.8 Å². The quantitative estimate of drug-likeness (QED) is 0.444. The van der Waals surface area contributed by atoms with Gasteiger partial charge in [0, 0.05) is 25.7 Å². The summed E-state index contributed by atoms with van der Waals surface area (Å²) in [7, 11) is 3.63. The van der Waals surface area contributed by atoms with Crippen LogP contribution in [-0.2, 0) is 4.74 Å². The number of nitrogens with zero attached hydrogens (tertiary/aromatic N) is 5. The van der Waals surface area contributed by atoms with Gasteiger partial charge in [0.1, 0.15) is 16.9 Å². The third-order valence-corrected chi connectivity index (χ3v) is 6.37. The van der Waals surface area contributed by atoms with Crippen LogP contribution >= 0.6 is 0 Å². The average Bonchev–Trinajstić information content (AvgIpc) is 3.20. The van der Waals surface area contributed by atoms with Crippen LogP contribution in [0.3, 0.4) is 0 Å². The lowest BCUT2D eigenvalue weighted by Crippen LogP contribution is -2.52. The van der Waals surface area contributed by atoms with E-state index in [1.807, 2.05) is 56.4 Å². The molecule has 0 radical (unpaired) electrons. The zero-order valence-corrected chi connectivity index (χ0v) is 19.6. The van der Waals surface area contributed by atoms with Crippen LogP contribution in [0.1, 0.15) is 33.5 Å². The molecule has 0 aliphatic carbocycles. The number of hydrogen-bond acceptors (Lipinski definition) is 8. The second-order valence-electron chi connectivity index (χ2n) is 8.43. The second kappa shape index (κ2) is 8.83. The van der Waals surface area contributed by atoms with Gasteiger partial charge >= 0.3 is 0 Å². The number of fused-ring (bicyclic) bond motifs is 1. The van der Waals surface area contributed by atoms with Gasteiger partial charge in [-0.1, -0.05) is 36.4 Å². The summed E-state index contributed by atoms with van der Waals surface area (Å²) in [5.41, 5.74) is 2.89. The van der Waals surface area contributed by atoms with Crippen molar-refractivity contribution in [1.82, 2.24) is 19.5 Å². The van der Waals surface area contributed by atoms with Crippen LogP contribution in [0.4, 0.5) is 0 Å². The fraction of sp³-hybridized carbons (Fsp3) is 0.320. The van der Waals surface area contributed by atoms with Crippen molar-refractivity contribution >= 4 is 11.6 Å². The standard InChI is InChI=1S/C25H28N6O3/c1-16-6-4-5-7-19(16)21(32)24-28-22-20(31(24)26)25(30-12-14-34-15-13-30)29(2)23(27-22)17-8-10-18(33-3)11-9-17/h4-11,23H,12-15,26H2,1-3H3. The van der Waals surface area contributed by atoms with Crippen LogP contribution in [0.2, 0.25) is 0 Å². The summed E-state index contributed by atoms with van der Waals surface area (Å²) in [4.78, 5) is 27.3. The number of imidazole rings is 1. The largest absolute Gasteiger partial charge is 0.497 e. The van der Waals surface area contributed by atoms with Crippen LogP contribution in [0.25, 0.3) is 5.82 Å². The molecule has 2 aliphatic rings. The van der Waals surface area contributed by atoms with Crippen molar-refractivity contribution < 1.29 is 14.3 Å². The number of ether oxygens (including phenoxy) is 2. The molecule has 5 rings (SSSR count). The predicted molar refractivity (Wildman–Crippen MR) is 127 cm³/mol. The first kappa shape index (κ1) is 22.0. The highest BCUT2D eigenvalue weighted by Gasteiger charge is 2.31. The molecule has 0 spiro atoms. The molecular formula is C25H28N6O3. The Morgan fingerprint density at radius 1 is 1.12 bits per heavy atom. The maximum Gasteiger partial charge on any atom is 0.230 e. The fourth-order valence-corrected chi connectivity index (χ4v) is 4.53.